The van der Waals surface area contributed by atoms with Gasteiger partial charge in [0, 0.05) is 11.6 Å². The average Bonchev–Trinajstić information content (AvgIpc) is 2.70. The molecule has 0 saturated heterocycles. The minimum atomic E-state index is -0.813. The SMILES string of the molecule is CNC(Cc1cccc(F)c1F)c1cc(C)oc1C. The molecule has 0 aliphatic carbocycles. The van der Waals surface area contributed by atoms with Crippen molar-refractivity contribution in [2.24, 2.45) is 0 Å². The zero-order chi connectivity index (χ0) is 14.0. The van der Waals surface area contributed by atoms with Gasteiger partial charge in [-0.2, -0.15) is 0 Å². The first-order chi connectivity index (χ1) is 9.02. The highest BCUT2D eigenvalue weighted by molar-refractivity contribution is 5.28. The maximum absolute atomic E-state index is 13.7. The molecule has 0 aliphatic heterocycles. The number of nitrogens with one attached hydrogen (secondary N) is 1. The predicted molar refractivity (Wildman–Crippen MR) is 70.0 cm³/mol. The second-order valence-corrected chi connectivity index (χ2v) is 4.63. The van der Waals surface area contributed by atoms with Gasteiger partial charge in [0.15, 0.2) is 11.6 Å². The molecule has 19 heavy (non-hydrogen) atoms. The van der Waals surface area contributed by atoms with E-state index in [1.165, 1.54) is 6.07 Å². The molecule has 1 heterocycles. The molecule has 0 radical (unpaired) electrons. The largest absolute Gasteiger partial charge is 0.466 e. The standard InChI is InChI=1S/C15H17F2NO/c1-9-7-12(10(2)19-9)14(18-3)8-11-5-4-6-13(16)15(11)17/h4-7,14,18H,8H2,1-3H3. The maximum atomic E-state index is 13.7. The number of halogens is 2. The zero-order valence-electron chi connectivity index (χ0n) is 11.3. The van der Waals surface area contributed by atoms with Crippen molar-refractivity contribution in [3.05, 3.63) is 58.5 Å². The molecule has 0 saturated carbocycles. The average molecular weight is 265 g/mol. The third-order valence-electron chi connectivity index (χ3n) is 3.26. The number of rotatable bonds is 4. The molecule has 1 aromatic carbocycles. The molecule has 2 nitrogen and oxygen atoms in total. The summed E-state index contributed by atoms with van der Waals surface area (Å²) in [5, 5.41) is 3.12. The second-order valence-electron chi connectivity index (χ2n) is 4.63. The first kappa shape index (κ1) is 13.7. The van der Waals surface area contributed by atoms with Crippen molar-refractivity contribution in [2.75, 3.05) is 7.05 Å². The summed E-state index contributed by atoms with van der Waals surface area (Å²) >= 11 is 0. The van der Waals surface area contributed by atoms with Gasteiger partial charge < -0.3 is 9.73 Å². The number of benzene rings is 1. The van der Waals surface area contributed by atoms with E-state index in [2.05, 4.69) is 5.32 Å². The quantitative estimate of drug-likeness (QED) is 0.912. The number of likely N-dealkylation sites (N-methyl/N-ethyl adjacent to an activating group) is 1. The van der Waals surface area contributed by atoms with Gasteiger partial charge in [0.05, 0.1) is 0 Å². The van der Waals surface area contributed by atoms with Crippen LogP contribution < -0.4 is 5.32 Å². The Hall–Kier alpha value is -1.68. The van der Waals surface area contributed by atoms with Gasteiger partial charge in [-0.1, -0.05) is 12.1 Å². The fourth-order valence-electron chi connectivity index (χ4n) is 2.29. The molecule has 0 fully saturated rings. The van der Waals surface area contributed by atoms with Crippen LogP contribution in [0.3, 0.4) is 0 Å². The van der Waals surface area contributed by atoms with Crippen molar-refractivity contribution in [3.8, 4) is 0 Å². The minimum absolute atomic E-state index is 0.103. The van der Waals surface area contributed by atoms with Gasteiger partial charge in [-0.25, -0.2) is 8.78 Å². The number of hydrogen-bond acceptors (Lipinski definition) is 2. The molecular weight excluding hydrogens is 248 g/mol. The van der Waals surface area contributed by atoms with Crippen molar-refractivity contribution in [3.63, 3.8) is 0 Å². The van der Waals surface area contributed by atoms with Crippen molar-refractivity contribution >= 4 is 0 Å². The predicted octanol–water partition coefficient (Wildman–Crippen LogP) is 3.68. The molecule has 0 spiro atoms. The van der Waals surface area contributed by atoms with E-state index in [0.717, 1.165) is 23.2 Å². The van der Waals surface area contributed by atoms with Crippen LogP contribution in [0.25, 0.3) is 0 Å². The summed E-state index contributed by atoms with van der Waals surface area (Å²) in [5.74, 6) is 0.0224. The lowest BCUT2D eigenvalue weighted by molar-refractivity contribution is 0.476. The summed E-state index contributed by atoms with van der Waals surface area (Å²) in [5.41, 5.74) is 1.33. The van der Waals surface area contributed by atoms with Crippen molar-refractivity contribution in [1.29, 1.82) is 0 Å². The normalized spacial score (nSPS) is 12.7. The van der Waals surface area contributed by atoms with Crippen molar-refractivity contribution in [1.82, 2.24) is 5.32 Å². The molecule has 0 aliphatic rings. The second kappa shape index (κ2) is 5.53. The van der Waals surface area contributed by atoms with Crippen LogP contribution in [-0.2, 0) is 6.42 Å². The molecule has 1 aromatic heterocycles. The van der Waals surface area contributed by atoms with Crippen molar-refractivity contribution in [2.45, 2.75) is 26.3 Å². The first-order valence-corrected chi connectivity index (χ1v) is 6.20. The van der Waals surface area contributed by atoms with Gasteiger partial charge >= 0.3 is 0 Å². The van der Waals surface area contributed by atoms with Gasteiger partial charge in [0.1, 0.15) is 11.5 Å². The summed E-state index contributed by atoms with van der Waals surface area (Å²) < 4.78 is 32.4. The summed E-state index contributed by atoms with van der Waals surface area (Å²) in [4.78, 5) is 0. The molecule has 2 rings (SSSR count). The van der Waals surface area contributed by atoms with E-state index in [1.54, 1.807) is 13.1 Å². The van der Waals surface area contributed by atoms with Crippen LogP contribution in [-0.4, -0.2) is 7.05 Å². The summed E-state index contributed by atoms with van der Waals surface area (Å²) in [6, 6.07) is 6.07. The Labute approximate surface area is 111 Å². The van der Waals surface area contributed by atoms with Crippen LogP contribution in [0.2, 0.25) is 0 Å². The molecule has 1 unspecified atom stereocenters. The molecular formula is C15H17F2NO. The van der Waals surface area contributed by atoms with Crippen LogP contribution in [0, 0.1) is 25.5 Å². The summed E-state index contributed by atoms with van der Waals surface area (Å²) in [7, 11) is 1.80. The lowest BCUT2D eigenvalue weighted by atomic mass is 9.99. The Morgan fingerprint density at radius 1 is 1.26 bits per heavy atom. The third kappa shape index (κ3) is 2.84. The van der Waals surface area contributed by atoms with Gasteiger partial charge in [0.2, 0.25) is 0 Å². The maximum Gasteiger partial charge on any atom is 0.162 e. The van der Waals surface area contributed by atoms with Gasteiger partial charge in [-0.05, 0) is 45.0 Å². The van der Waals surface area contributed by atoms with E-state index in [9.17, 15) is 8.78 Å². The highest BCUT2D eigenvalue weighted by atomic mass is 19.2. The van der Waals surface area contributed by atoms with Crippen LogP contribution in [0.15, 0.2) is 28.7 Å². The highest BCUT2D eigenvalue weighted by Gasteiger charge is 2.18. The molecule has 1 atom stereocenters. The summed E-state index contributed by atoms with van der Waals surface area (Å²) in [6.45, 7) is 3.74. The number of aryl methyl sites for hydroxylation is 2. The van der Waals surface area contributed by atoms with Gasteiger partial charge in [-0.3, -0.25) is 0 Å². The van der Waals surface area contributed by atoms with Crippen LogP contribution in [0.4, 0.5) is 8.78 Å². The smallest absolute Gasteiger partial charge is 0.162 e. The minimum Gasteiger partial charge on any atom is -0.466 e. The van der Waals surface area contributed by atoms with Crippen LogP contribution in [0.1, 0.15) is 28.7 Å². The monoisotopic (exact) mass is 265 g/mol. The molecule has 0 bridgehead atoms. The third-order valence-corrected chi connectivity index (χ3v) is 3.26. The van der Waals surface area contributed by atoms with Crippen molar-refractivity contribution < 1.29 is 13.2 Å². The lowest BCUT2D eigenvalue weighted by Gasteiger charge is -2.16. The molecule has 102 valence electrons. The number of hydrogen-bond donors (Lipinski definition) is 1. The zero-order valence-corrected chi connectivity index (χ0v) is 11.3. The van der Waals surface area contributed by atoms with E-state index in [1.807, 2.05) is 19.9 Å². The van der Waals surface area contributed by atoms with E-state index in [0.29, 0.717) is 12.0 Å². The van der Waals surface area contributed by atoms with E-state index < -0.39 is 11.6 Å². The Balaban J connectivity index is 2.29. The Kier molecular flexibility index (Phi) is 4.00. The Morgan fingerprint density at radius 3 is 2.58 bits per heavy atom. The fraction of sp³-hybridized carbons (Fsp3) is 0.333. The van der Waals surface area contributed by atoms with Gasteiger partial charge in [0.25, 0.3) is 0 Å². The fourth-order valence-corrected chi connectivity index (χ4v) is 2.29. The molecule has 2 aromatic rings. The topological polar surface area (TPSA) is 25.2 Å². The van der Waals surface area contributed by atoms with Gasteiger partial charge in [-0.15, -0.1) is 0 Å². The van der Waals surface area contributed by atoms with E-state index in [4.69, 9.17) is 4.42 Å². The van der Waals surface area contributed by atoms with Crippen LogP contribution in [0.5, 0.6) is 0 Å². The van der Waals surface area contributed by atoms with E-state index in [-0.39, 0.29) is 6.04 Å². The Morgan fingerprint density at radius 2 is 2.00 bits per heavy atom. The van der Waals surface area contributed by atoms with E-state index >= 15 is 0 Å². The molecule has 4 heteroatoms. The summed E-state index contributed by atoms with van der Waals surface area (Å²) in [6.07, 6.45) is 0.375. The molecule has 0 amide bonds. The lowest BCUT2D eigenvalue weighted by Crippen LogP contribution is -2.19. The first-order valence-electron chi connectivity index (χ1n) is 6.20. The number of furan rings is 1. The Bertz CT molecular complexity index is 578. The molecule has 1 N–H and O–H groups in total. The van der Waals surface area contributed by atoms with Crippen LogP contribution >= 0.6 is 0 Å². The highest BCUT2D eigenvalue weighted by Crippen LogP contribution is 2.25.